The first kappa shape index (κ1) is 22.5. The fourth-order valence-electron chi connectivity index (χ4n) is 4.93. The number of likely N-dealkylation sites (tertiary alicyclic amines) is 1. The van der Waals surface area contributed by atoms with Crippen LogP contribution in [0.25, 0.3) is 28.3 Å². The molecule has 2 aromatic carbocycles. The molecular formula is C27H32N4O3. The molecule has 1 fully saturated rings. The summed E-state index contributed by atoms with van der Waals surface area (Å²) in [5, 5.41) is 0. The van der Waals surface area contributed by atoms with Crippen LogP contribution in [0.2, 0.25) is 0 Å². The lowest BCUT2D eigenvalue weighted by atomic mass is 10.00. The topological polar surface area (TPSA) is 79.6 Å². The smallest absolute Gasteiger partial charge is 0.242 e. The summed E-state index contributed by atoms with van der Waals surface area (Å²) in [6.45, 7) is 8.43. The van der Waals surface area contributed by atoms with E-state index in [2.05, 4.69) is 41.5 Å². The molecule has 2 aliphatic heterocycles. The molecule has 1 atom stereocenters. The average molecular weight is 461 g/mol. The van der Waals surface area contributed by atoms with Crippen molar-refractivity contribution in [3.8, 4) is 17.2 Å². The second-order valence-corrected chi connectivity index (χ2v) is 9.35. The molecular weight excluding hydrogens is 428 g/mol. The maximum Gasteiger partial charge on any atom is 0.242 e. The molecule has 2 aliphatic rings. The van der Waals surface area contributed by atoms with Gasteiger partial charge in [0.25, 0.3) is 0 Å². The van der Waals surface area contributed by atoms with Crippen LogP contribution >= 0.6 is 0 Å². The Hall–Kier alpha value is -3.32. The second-order valence-electron chi connectivity index (χ2n) is 9.35. The number of hydrogen-bond acceptors (Lipinski definition) is 6. The Bertz CT molecular complexity index is 1210. The highest BCUT2D eigenvalue weighted by Crippen LogP contribution is 2.30. The van der Waals surface area contributed by atoms with E-state index in [1.165, 1.54) is 12.8 Å². The number of oxazole rings is 1. The summed E-state index contributed by atoms with van der Waals surface area (Å²) in [4.78, 5) is 18.9. The summed E-state index contributed by atoms with van der Waals surface area (Å²) in [5.74, 6) is 1.42. The number of hydrazine groups is 1. The number of ether oxygens (including phenoxy) is 1. The van der Waals surface area contributed by atoms with Crippen molar-refractivity contribution in [1.29, 1.82) is 0 Å². The number of hydrogen-bond donors (Lipinski definition) is 2. The highest BCUT2D eigenvalue weighted by molar-refractivity contribution is 5.88. The van der Waals surface area contributed by atoms with Crippen molar-refractivity contribution in [2.24, 2.45) is 0 Å². The Morgan fingerprint density at radius 1 is 1.15 bits per heavy atom. The zero-order chi connectivity index (χ0) is 23.7. The predicted molar refractivity (Wildman–Crippen MR) is 133 cm³/mol. The summed E-state index contributed by atoms with van der Waals surface area (Å²) in [7, 11) is 0. The first-order valence-electron chi connectivity index (χ1n) is 12.2. The van der Waals surface area contributed by atoms with Gasteiger partial charge in [-0.25, -0.2) is 4.98 Å². The van der Waals surface area contributed by atoms with Crippen LogP contribution < -0.4 is 15.6 Å². The zero-order valence-corrected chi connectivity index (χ0v) is 20.1. The van der Waals surface area contributed by atoms with Crippen molar-refractivity contribution in [1.82, 2.24) is 20.7 Å². The van der Waals surface area contributed by atoms with Gasteiger partial charge in [-0.3, -0.25) is 20.5 Å². The summed E-state index contributed by atoms with van der Waals surface area (Å²) in [6.07, 6.45) is 3.65. The molecule has 34 heavy (non-hydrogen) atoms. The van der Waals surface area contributed by atoms with Crippen LogP contribution in [-0.4, -0.2) is 41.0 Å². The average Bonchev–Trinajstić information content (AvgIpc) is 3.49. The standard InChI is InChI=1S/C27H32N4O3/c1-4-18-15-25(32)29-30-26(18)20-9-12-23-24(14-20)34-27(28-23)19-7-10-22(11-8-19)33-16-21-6-5-13-31(21)17(2)3/h7-12,14,17,21,30H,4-6,13,15-16H2,1-3H3,(H,29,32)/t21-/m1/s1. The third-order valence-electron chi connectivity index (χ3n) is 6.79. The lowest BCUT2D eigenvalue weighted by Crippen LogP contribution is -2.40. The number of fused-ring (bicyclic) bond motifs is 1. The highest BCUT2D eigenvalue weighted by Gasteiger charge is 2.27. The maximum absolute atomic E-state index is 11.7. The number of aromatic nitrogens is 1. The van der Waals surface area contributed by atoms with E-state index in [9.17, 15) is 4.79 Å². The maximum atomic E-state index is 11.7. The molecule has 0 bridgehead atoms. The summed E-state index contributed by atoms with van der Waals surface area (Å²) in [5.41, 5.74) is 11.1. The SMILES string of the molecule is CCC1=C(c2ccc3nc(-c4ccc(OC[C@H]5CCCN5C(C)C)cc4)oc3c2)NNC(=O)C1. The Balaban J connectivity index is 1.31. The minimum atomic E-state index is -0.0171. The van der Waals surface area contributed by atoms with Crippen LogP contribution in [-0.2, 0) is 4.79 Å². The fourth-order valence-corrected chi connectivity index (χ4v) is 4.93. The van der Waals surface area contributed by atoms with Gasteiger partial charge in [0, 0.05) is 23.2 Å². The first-order chi connectivity index (χ1) is 16.5. The minimum absolute atomic E-state index is 0.0171. The third-order valence-corrected chi connectivity index (χ3v) is 6.79. The van der Waals surface area contributed by atoms with Gasteiger partial charge in [-0.15, -0.1) is 0 Å². The molecule has 178 valence electrons. The Kier molecular flexibility index (Phi) is 6.28. The van der Waals surface area contributed by atoms with E-state index >= 15 is 0 Å². The molecule has 3 heterocycles. The number of benzene rings is 2. The van der Waals surface area contributed by atoms with Crippen molar-refractivity contribution in [2.75, 3.05) is 13.2 Å². The highest BCUT2D eigenvalue weighted by atomic mass is 16.5. The van der Waals surface area contributed by atoms with Crippen molar-refractivity contribution in [2.45, 2.75) is 58.5 Å². The molecule has 5 rings (SSSR count). The van der Waals surface area contributed by atoms with Gasteiger partial charge in [-0.05, 0) is 81.6 Å². The normalized spacial score (nSPS) is 19.1. The van der Waals surface area contributed by atoms with E-state index in [4.69, 9.17) is 9.15 Å². The molecule has 0 radical (unpaired) electrons. The van der Waals surface area contributed by atoms with E-state index in [-0.39, 0.29) is 5.91 Å². The van der Waals surface area contributed by atoms with Crippen LogP contribution in [0.5, 0.6) is 5.75 Å². The zero-order valence-electron chi connectivity index (χ0n) is 20.1. The quantitative estimate of drug-likeness (QED) is 0.523. The molecule has 0 spiro atoms. The van der Waals surface area contributed by atoms with Crippen molar-refractivity contribution in [3.05, 3.63) is 53.6 Å². The van der Waals surface area contributed by atoms with Crippen LogP contribution in [0.3, 0.4) is 0 Å². The summed E-state index contributed by atoms with van der Waals surface area (Å²) in [6, 6.07) is 14.9. The molecule has 1 aromatic heterocycles. The Labute approximate surface area is 200 Å². The second kappa shape index (κ2) is 9.50. The Morgan fingerprint density at radius 2 is 1.94 bits per heavy atom. The van der Waals surface area contributed by atoms with Gasteiger partial charge < -0.3 is 9.15 Å². The van der Waals surface area contributed by atoms with Gasteiger partial charge >= 0.3 is 0 Å². The van der Waals surface area contributed by atoms with E-state index in [0.717, 1.165) is 46.6 Å². The number of nitrogens with zero attached hydrogens (tertiary/aromatic N) is 2. The minimum Gasteiger partial charge on any atom is -0.492 e. The van der Waals surface area contributed by atoms with Crippen LogP contribution in [0.1, 0.15) is 52.0 Å². The van der Waals surface area contributed by atoms with Gasteiger partial charge in [0.1, 0.15) is 17.9 Å². The van der Waals surface area contributed by atoms with Crippen LogP contribution in [0.15, 0.2) is 52.5 Å². The number of amides is 1. The fraction of sp³-hybridized carbons (Fsp3) is 0.407. The van der Waals surface area contributed by atoms with Gasteiger partial charge in [-0.1, -0.05) is 13.0 Å². The molecule has 0 unspecified atom stereocenters. The molecule has 1 amide bonds. The van der Waals surface area contributed by atoms with Crippen LogP contribution in [0.4, 0.5) is 0 Å². The monoisotopic (exact) mass is 460 g/mol. The summed E-state index contributed by atoms with van der Waals surface area (Å²) >= 11 is 0. The summed E-state index contributed by atoms with van der Waals surface area (Å²) < 4.78 is 12.2. The van der Waals surface area contributed by atoms with Gasteiger partial charge in [0.15, 0.2) is 5.58 Å². The lowest BCUT2D eigenvalue weighted by Gasteiger charge is -2.28. The number of rotatable bonds is 7. The number of carbonyl (C=O) groups excluding carboxylic acids is 1. The molecule has 1 saturated heterocycles. The van der Waals surface area contributed by atoms with E-state index in [1.54, 1.807) is 0 Å². The molecule has 2 N–H and O–H groups in total. The van der Waals surface area contributed by atoms with E-state index < -0.39 is 0 Å². The van der Waals surface area contributed by atoms with Gasteiger partial charge in [-0.2, -0.15) is 0 Å². The van der Waals surface area contributed by atoms with Crippen LogP contribution in [0, 0.1) is 0 Å². The van der Waals surface area contributed by atoms with Gasteiger partial charge in [0.2, 0.25) is 11.8 Å². The van der Waals surface area contributed by atoms with Crippen molar-refractivity contribution >= 4 is 22.7 Å². The predicted octanol–water partition coefficient (Wildman–Crippen LogP) is 4.89. The van der Waals surface area contributed by atoms with E-state index in [0.29, 0.717) is 36.6 Å². The molecule has 7 nitrogen and oxygen atoms in total. The van der Waals surface area contributed by atoms with E-state index in [1.807, 2.05) is 42.5 Å². The Morgan fingerprint density at radius 3 is 2.71 bits per heavy atom. The van der Waals surface area contributed by atoms with Crippen molar-refractivity contribution in [3.63, 3.8) is 0 Å². The molecule has 7 heteroatoms. The largest absolute Gasteiger partial charge is 0.492 e. The first-order valence-corrected chi connectivity index (χ1v) is 12.2. The van der Waals surface area contributed by atoms with Gasteiger partial charge in [0.05, 0.1) is 12.1 Å². The molecule has 3 aromatic rings. The lowest BCUT2D eigenvalue weighted by molar-refractivity contribution is -0.121. The molecule has 0 aliphatic carbocycles. The molecule has 0 saturated carbocycles. The van der Waals surface area contributed by atoms with Crippen molar-refractivity contribution < 1.29 is 13.9 Å². The number of nitrogens with one attached hydrogen (secondary N) is 2. The number of carbonyl (C=O) groups is 1. The third kappa shape index (κ3) is 4.53.